The average molecular weight is 253 g/mol. The van der Waals surface area contributed by atoms with Crippen molar-refractivity contribution in [1.29, 1.82) is 0 Å². The maximum Gasteiger partial charge on any atom is 0.0996 e. The van der Waals surface area contributed by atoms with Crippen LogP contribution in [0.5, 0.6) is 0 Å². The molecule has 0 aliphatic carbocycles. The Morgan fingerprint density at radius 2 is 1.89 bits per heavy atom. The zero-order chi connectivity index (χ0) is 13.2. The Morgan fingerprint density at radius 1 is 1.16 bits per heavy atom. The van der Waals surface area contributed by atoms with E-state index >= 15 is 0 Å². The highest BCUT2D eigenvalue weighted by Gasteiger charge is 2.28. The van der Waals surface area contributed by atoms with Gasteiger partial charge >= 0.3 is 0 Å². The molecule has 2 aromatic rings. The molecule has 2 unspecified atom stereocenters. The van der Waals surface area contributed by atoms with Crippen LogP contribution in [-0.2, 0) is 12.8 Å². The van der Waals surface area contributed by atoms with E-state index in [1.165, 1.54) is 11.1 Å². The normalized spacial score (nSPS) is 18.7. The Kier molecular flexibility index (Phi) is 3.26. The number of rotatable bonds is 3. The van der Waals surface area contributed by atoms with Crippen molar-refractivity contribution >= 4 is 5.69 Å². The molecule has 2 nitrogen and oxygen atoms in total. The average Bonchev–Trinajstić information content (AvgIpc) is 2.90. The highest BCUT2D eigenvalue weighted by Crippen LogP contribution is 2.32. The highest BCUT2D eigenvalue weighted by molar-refractivity contribution is 5.57. The fourth-order valence-corrected chi connectivity index (χ4v) is 2.88. The van der Waals surface area contributed by atoms with Crippen molar-refractivity contribution in [3.05, 3.63) is 65.2 Å². The van der Waals surface area contributed by atoms with Crippen LogP contribution in [0.3, 0.4) is 0 Å². The third-order valence-electron chi connectivity index (χ3n) is 3.93. The van der Waals surface area contributed by atoms with Crippen molar-refractivity contribution < 1.29 is 5.11 Å². The third-order valence-corrected chi connectivity index (χ3v) is 3.93. The molecule has 1 aliphatic rings. The van der Waals surface area contributed by atoms with E-state index in [0.29, 0.717) is 0 Å². The summed E-state index contributed by atoms with van der Waals surface area (Å²) in [4.78, 5) is 0. The molecule has 0 bridgehead atoms. The Balaban J connectivity index is 1.85. The number of fused-ring (bicyclic) bond motifs is 1. The zero-order valence-corrected chi connectivity index (χ0v) is 11.1. The summed E-state index contributed by atoms with van der Waals surface area (Å²) in [5.74, 6) is 0. The van der Waals surface area contributed by atoms with Gasteiger partial charge in [-0.25, -0.2) is 0 Å². The zero-order valence-electron chi connectivity index (χ0n) is 11.1. The third kappa shape index (κ3) is 2.24. The van der Waals surface area contributed by atoms with E-state index in [1.807, 2.05) is 24.3 Å². The number of anilines is 1. The van der Waals surface area contributed by atoms with Crippen LogP contribution in [0.2, 0.25) is 0 Å². The van der Waals surface area contributed by atoms with Crippen LogP contribution < -0.4 is 5.32 Å². The van der Waals surface area contributed by atoms with Gasteiger partial charge in [0.15, 0.2) is 0 Å². The summed E-state index contributed by atoms with van der Waals surface area (Å²) in [7, 11) is 0. The summed E-state index contributed by atoms with van der Waals surface area (Å²) in [6, 6.07) is 16.5. The molecule has 1 aliphatic heterocycles. The SMILES string of the molecule is CCc1ccccc1C(O)C1Cc2ccccc2N1. The molecule has 0 fully saturated rings. The lowest BCUT2D eigenvalue weighted by molar-refractivity contribution is 0.156. The number of aryl methyl sites for hydroxylation is 1. The van der Waals surface area contributed by atoms with E-state index in [2.05, 4.69) is 36.5 Å². The lowest BCUT2D eigenvalue weighted by atomic mass is 9.94. The molecule has 98 valence electrons. The van der Waals surface area contributed by atoms with Gasteiger partial charge < -0.3 is 10.4 Å². The van der Waals surface area contributed by atoms with E-state index in [4.69, 9.17) is 0 Å². The fourth-order valence-electron chi connectivity index (χ4n) is 2.88. The highest BCUT2D eigenvalue weighted by atomic mass is 16.3. The van der Waals surface area contributed by atoms with Crippen molar-refractivity contribution in [2.75, 3.05) is 5.32 Å². The number of benzene rings is 2. The topological polar surface area (TPSA) is 32.3 Å². The summed E-state index contributed by atoms with van der Waals surface area (Å²) in [6.07, 6.45) is 1.38. The van der Waals surface area contributed by atoms with E-state index < -0.39 is 6.10 Å². The Hall–Kier alpha value is -1.80. The second-order valence-corrected chi connectivity index (χ2v) is 5.11. The molecule has 0 spiro atoms. The molecule has 1 heterocycles. The van der Waals surface area contributed by atoms with Gasteiger partial charge in [-0.15, -0.1) is 0 Å². The number of aliphatic hydroxyl groups is 1. The molecular formula is C17H19NO. The molecular weight excluding hydrogens is 234 g/mol. The van der Waals surface area contributed by atoms with Crippen LogP contribution in [-0.4, -0.2) is 11.1 Å². The summed E-state index contributed by atoms with van der Waals surface area (Å²) in [6.45, 7) is 2.13. The molecule has 0 radical (unpaired) electrons. The number of para-hydroxylation sites is 1. The quantitative estimate of drug-likeness (QED) is 0.879. The number of hydrogen-bond donors (Lipinski definition) is 2. The fraction of sp³-hybridized carbons (Fsp3) is 0.294. The predicted octanol–water partition coefficient (Wildman–Crippen LogP) is 3.32. The predicted molar refractivity (Wildman–Crippen MR) is 78.3 cm³/mol. The maximum absolute atomic E-state index is 10.6. The first-order chi connectivity index (χ1) is 9.29. The molecule has 0 amide bonds. The van der Waals surface area contributed by atoms with Gasteiger partial charge in [0.1, 0.15) is 0 Å². The standard InChI is InChI=1S/C17H19NO/c1-2-12-7-3-5-9-14(12)17(19)16-11-13-8-4-6-10-15(13)18-16/h3-10,16-19H,2,11H2,1H3. The second kappa shape index (κ2) is 5.06. The molecule has 2 heteroatoms. The summed E-state index contributed by atoms with van der Waals surface area (Å²) >= 11 is 0. The van der Waals surface area contributed by atoms with Crippen LogP contribution in [0.4, 0.5) is 5.69 Å². The first-order valence-electron chi connectivity index (χ1n) is 6.90. The van der Waals surface area contributed by atoms with Crippen LogP contribution >= 0.6 is 0 Å². The van der Waals surface area contributed by atoms with Crippen molar-refractivity contribution in [1.82, 2.24) is 0 Å². The van der Waals surface area contributed by atoms with Gasteiger partial charge in [0.2, 0.25) is 0 Å². The number of aliphatic hydroxyl groups excluding tert-OH is 1. The van der Waals surface area contributed by atoms with E-state index in [0.717, 1.165) is 24.1 Å². The molecule has 2 atom stereocenters. The lowest BCUT2D eigenvalue weighted by Crippen LogP contribution is -2.25. The Bertz CT molecular complexity index is 554. The number of nitrogens with one attached hydrogen (secondary N) is 1. The minimum atomic E-state index is -0.455. The van der Waals surface area contributed by atoms with Crippen LogP contribution in [0.15, 0.2) is 48.5 Å². The van der Waals surface area contributed by atoms with Crippen LogP contribution in [0, 0.1) is 0 Å². The summed E-state index contributed by atoms with van der Waals surface area (Å²) < 4.78 is 0. The molecule has 0 saturated heterocycles. The van der Waals surface area contributed by atoms with Gasteiger partial charge in [-0.3, -0.25) is 0 Å². The Labute approximate surface area is 114 Å². The van der Waals surface area contributed by atoms with E-state index in [9.17, 15) is 5.11 Å². The lowest BCUT2D eigenvalue weighted by Gasteiger charge is -2.21. The molecule has 2 N–H and O–H groups in total. The van der Waals surface area contributed by atoms with Crippen molar-refractivity contribution in [2.45, 2.75) is 31.9 Å². The second-order valence-electron chi connectivity index (χ2n) is 5.11. The van der Waals surface area contributed by atoms with E-state index in [1.54, 1.807) is 0 Å². The van der Waals surface area contributed by atoms with Crippen LogP contribution in [0.25, 0.3) is 0 Å². The first-order valence-corrected chi connectivity index (χ1v) is 6.90. The van der Waals surface area contributed by atoms with E-state index in [-0.39, 0.29) is 6.04 Å². The minimum absolute atomic E-state index is 0.0742. The summed E-state index contributed by atoms with van der Waals surface area (Å²) in [5, 5.41) is 14.1. The van der Waals surface area contributed by atoms with Crippen molar-refractivity contribution in [3.63, 3.8) is 0 Å². The van der Waals surface area contributed by atoms with Gasteiger partial charge in [0, 0.05) is 5.69 Å². The Morgan fingerprint density at radius 3 is 2.68 bits per heavy atom. The van der Waals surface area contributed by atoms with Gasteiger partial charge in [-0.2, -0.15) is 0 Å². The minimum Gasteiger partial charge on any atom is -0.386 e. The van der Waals surface area contributed by atoms with Gasteiger partial charge in [-0.05, 0) is 35.6 Å². The van der Waals surface area contributed by atoms with Gasteiger partial charge in [0.25, 0.3) is 0 Å². The first kappa shape index (κ1) is 12.2. The summed E-state index contributed by atoms with van der Waals surface area (Å²) in [5.41, 5.74) is 4.73. The molecule has 0 saturated carbocycles. The maximum atomic E-state index is 10.6. The monoisotopic (exact) mass is 253 g/mol. The largest absolute Gasteiger partial charge is 0.386 e. The number of hydrogen-bond acceptors (Lipinski definition) is 2. The molecule has 0 aromatic heterocycles. The smallest absolute Gasteiger partial charge is 0.0996 e. The van der Waals surface area contributed by atoms with Crippen molar-refractivity contribution in [2.24, 2.45) is 0 Å². The van der Waals surface area contributed by atoms with Crippen molar-refractivity contribution in [3.8, 4) is 0 Å². The molecule has 3 rings (SSSR count). The van der Waals surface area contributed by atoms with Gasteiger partial charge in [0.05, 0.1) is 12.1 Å². The van der Waals surface area contributed by atoms with Gasteiger partial charge in [-0.1, -0.05) is 49.4 Å². The molecule has 19 heavy (non-hydrogen) atoms. The van der Waals surface area contributed by atoms with Crippen LogP contribution in [0.1, 0.15) is 29.7 Å². The molecule has 2 aromatic carbocycles.